The Balaban J connectivity index is 1.59. The van der Waals surface area contributed by atoms with E-state index >= 15 is 0 Å². The Bertz CT molecular complexity index is 944. The van der Waals surface area contributed by atoms with Crippen molar-refractivity contribution in [1.29, 1.82) is 0 Å². The number of aliphatic carboxylic acids is 1. The van der Waals surface area contributed by atoms with E-state index in [0.29, 0.717) is 35.7 Å². The van der Waals surface area contributed by atoms with E-state index in [1.807, 2.05) is 26.0 Å². The van der Waals surface area contributed by atoms with Crippen LogP contribution >= 0.6 is 11.6 Å². The quantitative estimate of drug-likeness (QED) is 0.402. The molecule has 0 amide bonds. The van der Waals surface area contributed by atoms with Gasteiger partial charge in [-0.25, -0.2) is 0 Å². The molecule has 1 aliphatic heterocycles. The predicted molar refractivity (Wildman–Crippen MR) is 128 cm³/mol. The molecule has 3 N–H and O–H groups in total. The van der Waals surface area contributed by atoms with Gasteiger partial charge in [0.2, 0.25) is 11.9 Å². The van der Waals surface area contributed by atoms with Gasteiger partial charge in [-0.1, -0.05) is 11.6 Å². The molecule has 1 saturated heterocycles. The van der Waals surface area contributed by atoms with E-state index < -0.39 is 5.97 Å². The molecule has 2 aromatic rings. The summed E-state index contributed by atoms with van der Waals surface area (Å²) in [5.41, 5.74) is 1.08. The van der Waals surface area contributed by atoms with E-state index in [0.717, 1.165) is 38.0 Å². The van der Waals surface area contributed by atoms with Crippen LogP contribution in [0.1, 0.15) is 32.3 Å². The number of hydrogen-bond donors (Lipinski definition) is 3. The van der Waals surface area contributed by atoms with E-state index in [1.54, 1.807) is 0 Å². The Morgan fingerprint density at radius 3 is 2.29 bits per heavy atom. The minimum Gasteiger partial charge on any atom is -0.492 e. The number of anilines is 2. The SMILES string of the molecule is CCOc1cc(CN2CCC(Nc3nc(NCC(=O)O)nc(OC)n3)CC2)cc(OCC)c1Cl. The summed E-state index contributed by atoms with van der Waals surface area (Å²) in [5, 5.41) is 15.3. The van der Waals surface area contributed by atoms with Gasteiger partial charge in [-0.3, -0.25) is 9.69 Å². The number of likely N-dealkylation sites (tertiary alicyclic amines) is 1. The number of piperidine rings is 1. The van der Waals surface area contributed by atoms with E-state index in [9.17, 15) is 4.79 Å². The number of methoxy groups -OCH3 is 1. The van der Waals surface area contributed by atoms with Gasteiger partial charge in [0, 0.05) is 25.7 Å². The maximum Gasteiger partial charge on any atom is 0.322 e. The van der Waals surface area contributed by atoms with Gasteiger partial charge in [-0.15, -0.1) is 0 Å². The lowest BCUT2D eigenvalue weighted by atomic mass is 10.0. The van der Waals surface area contributed by atoms with Crippen LogP contribution in [0.2, 0.25) is 5.02 Å². The second-order valence-corrected chi connectivity index (χ2v) is 8.06. The molecule has 0 radical (unpaired) electrons. The maximum atomic E-state index is 10.8. The minimum atomic E-state index is -1.01. The zero-order valence-electron chi connectivity index (χ0n) is 19.6. The Labute approximate surface area is 203 Å². The highest BCUT2D eigenvalue weighted by Gasteiger charge is 2.22. The topological polar surface area (TPSA) is 131 Å². The third-order valence-corrected chi connectivity index (χ3v) is 5.56. The van der Waals surface area contributed by atoms with Crippen LogP contribution in [0.5, 0.6) is 17.5 Å². The van der Waals surface area contributed by atoms with Crippen molar-refractivity contribution < 1.29 is 24.1 Å². The molecule has 3 rings (SSSR count). The summed E-state index contributed by atoms with van der Waals surface area (Å²) in [6, 6.07) is 4.22. The summed E-state index contributed by atoms with van der Waals surface area (Å²) >= 11 is 6.41. The molecule has 1 aromatic carbocycles. The molecular weight excluding hydrogens is 464 g/mol. The molecule has 34 heavy (non-hydrogen) atoms. The summed E-state index contributed by atoms with van der Waals surface area (Å²) in [4.78, 5) is 25.7. The number of hydrogen-bond acceptors (Lipinski definition) is 10. The van der Waals surface area contributed by atoms with Gasteiger partial charge in [-0.05, 0) is 44.4 Å². The number of rotatable bonds is 12. The zero-order valence-corrected chi connectivity index (χ0v) is 20.4. The van der Waals surface area contributed by atoms with Gasteiger partial charge in [0.05, 0.1) is 20.3 Å². The molecule has 0 unspecified atom stereocenters. The number of nitrogens with zero attached hydrogens (tertiary/aromatic N) is 4. The van der Waals surface area contributed by atoms with Crippen LogP contribution in [-0.4, -0.2) is 76.9 Å². The van der Waals surface area contributed by atoms with Gasteiger partial charge in [0.1, 0.15) is 23.1 Å². The van der Waals surface area contributed by atoms with Crippen molar-refractivity contribution >= 4 is 29.5 Å². The van der Waals surface area contributed by atoms with Crippen molar-refractivity contribution in [2.24, 2.45) is 0 Å². The molecule has 0 atom stereocenters. The predicted octanol–water partition coefficient (Wildman–Crippen LogP) is 2.90. The van der Waals surface area contributed by atoms with Crippen LogP contribution < -0.4 is 24.8 Å². The largest absolute Gasteiger partial charge is 0.492 e. The molecule has 12 heteroatoms. The van der Waals surface area contributed by atoms with Crippen molar-refractivity contribution in [2.45, 2.75) is 39.3 Å². The standard InChI is InChI=1S/C22H31ClN6O5/c1-4-33-16-10-14(11-17(19(16)23)34-5-2)13-29-8-6-15(7-9-29)25-21-26-20(24-12-18(30)31)27-22(28-21)32-3/h10-11,15H,4-9,12-13H2,1-3H3,(H,30,31)(H2,24,25,26,27,28). The highest BCUT2D eigenvalue weighted by atomic mass is 35.5. The van der Waals surface area contributed by atoms with Crippen LogP contribution in [-0.2, 0) is 11.3 Å². The number of carbonyl (C=O) groups is 1. The van der Waals surface area contributed by atoms with Crippen LogP contribution in [0, 0.1) is 0 Å². The van der Waals surface area contributed by atoms with Gasteiger partial charge in [0.15, 0.2) is 0 Å². The summed E-state index contributed by atoms with van der Waals surface area (Å²) < 4.78 is 16.5. The molecule has 0 saturated carbocycles. The van der Waals surface area contributed by atoms with Gasteiger partial charge in [0.25, 0.3) is 0 Å². The van der Waals surface area contributed by atoms with E-state index in [1.165, 1.54) is 7.11 Å². The summed E-state index contributed by atoms with van der Waals surface area (Å²) in [7, 11) is 1.45. The maximum absolute atomic E-state index is 10.8. The molecule has 186 valence electrons. The lowest BCUT2D eigenvalue weighted by Gasteiger charge is -2.32. The van der Waals surface area contributed by atoms with Crippen molar-refractivity contribution in [3.05, 3.63) is 22.7 Å². The average Bonchev–Trinajstić information content (AvgIpc) is 2.82. The molecule has 0 spiro atoms. The zero-order chi connectivity index (χ0) is 24.5. The Kier molecular flexibility index (Phi) is 9.34. The van der Waals surface area contributed by atoms with Crippen LogP contribution in [0.3, 0.4) is 0 Å². The van der Waals surface area contributed by atoms with Crippen molar-refractivity contribution in [1.82, 2.24) is 19.9 Å². The fourth-order valence-electron chi connectivity index (χ4n) is 3.66. The first-order valence-corrected chi connectivity index (χ1v) is 11.6. The summed E-state index contributed by atoms with van der Waals surface area (Å²) in [6.45, 7) is 7.12. The van der Waals surface area contributed by atoms with E-state index in [4.69, 9.17) is 30.9 Å². The van der Waals surface area contributed by atoms with E-state index in [-0.39, 0.29) is 24.5 Å². The van der Waals surface area contributed by atoms with Crippen molar-refractivity contribution in [3.8, 4) is 17.5 Å². The van der Waals surface area contributed by atoms with Crippen LogP contribution in [0.4, 0.5) is 11.9 Å². The van der Waals surface area contributed by atoms with Crippen molar-refractivity contribution in [3.63, 3.8) is 0 Å². The summed E-state index contributed by atoms with van der Waals surface area (Å²) in [6.07, 6.45) is 1.77. The molecule has 1 fully saturated rings. The highest BCUT2D eigenvalue weighted by Crippen LogP contribution is 2.36. The number of carboxylic acid groups (broad SMARTS) is 1. The molecule has 0 aliphatic carbocycles. The Morgan fingerprint density at radius 2 is 1.74 bits per heavy atom. The summed E-state index contributed by atoms with van der Waals surface area (Å²) in [5.74, 6) is 0.755. The number of aromatic nitrogens is 3. The lowest BCUT2D eigenvalue weighted by molar-refractivity contribution is -0.134. The third-order valence-electron chi connectivity index (χ3n) is 5.19. The molecule has 11 nitrogen and oxygen atoms in total. The lowest BCUT2D eigenvalue weighted by Crippen LogP contribution is -2.39. The number of ether oxygens (including phenoxy) is 3. The van der Waals surface area contributed by atoms with Gasteiger partial charge < -0.3 is 30.0 Å². The third kappa shape index (κ3) is 7.22. The molecule has 1 aliphatic rings. The molecular formula is C22H31ClN6O5. The number of halogens is 1. The molecule has 0 bridgehead atoms. The number of carboxylic acids is 1. The second-order valence-electron chi connectivity index (χ2n) is 7.68. The first-order valence-electron chi connectivity index (χ1n) is 11.2. The Hall–Kier alpha value is -3.05. The fraction of sp³-hybridized carbons (Fsp3) is 0.545. The smallest absolute Gasteiger partial charge is 0.322 e. The first-order chi connectivity index (χ1) is 16.4. The van der Waals surface area contributed by atoms with Crippen molar-refractivity contribution in [2.75, 3.05) is 50.6 Å². The fourth-order valence-corrected chi connectivity index (χ4v) is 3.88. The van der Waals surface area contributed by atoms with E-state index in [2.05, 4.69) is 30.5 Å². The molecule has 1 aromatic heterocycles. The second kappa shape index (κ2) is 12.4. The normalized spacial score (nSPS) is 14.5. The monoisotopic (exact) mass is 494 g/mol. The molecule has 2 heterocycles. The van der Waals surface area contributed by atoms with Crippen LogP contribution in [0.25, 0.3) is 0 Å². The Morgan fingerprint density at radius 1 is 1.12 bits per heavy atom. The number of nitrogens with one attached hydrogen (secondary N) is 2. The average molecular weight is 495 g/mol. The number of benzene rings is 1. The first kappa shape index (κ1) is 25.6. The highest BCUT2D eigenvalue weighted by molar-refractivity contribution is 6.33. The minimum absolute atomic E-state index is 0.112. The van der Waals surface area contributed by atoms with Gasteiger partial charge >= 0.3 is 12.0 Å². The van der Waals surface area contributed by atoms with Gasteiger partial charge in [-0.2, -0.15) is 15.0 Å². The van der Waals surface area contributed by atoms with Crippen LogP contribution in [0.15, 0.2) is 12.1 Å².